The van der Waals surface area contributed by atoms with Gasteiger partial charge in [0, 0.05) is 37.8 Å². The standard InChI is InChI=1S/C22H35N5O.HI/c1-8-23-22(24-14-15(2)19-11-9-10-12-21(19)28-7)25-16(3)13-20-17(4)26-27(6)18(20)5;/h9-12,15-16H,8,13-14H2,1-7H3,(H2,23,24,25);1H. The summed E-state index contributed by atoms with van der Waals surface area (Å²) in [6.07, 6.45) is 0.915. The van der Waals surface area contributed by atoms with Crippen molar-refractivity contribution in [2.24, 2.45) is 12.0 Å². The van der Waals surface area contributed by atoms with Gasteiger partial charge in [0.15, 0.2) is 5.96 Å². The van der Waals surface area contributed by atoms with E-state index in [0.717, 1.165) is 30.4 Å². The molecule has 0 aliphatic carbocycles. The Morgan fingerprint density at radius 3 is 2.52 bits per heavy atom. The van der Waals surface area contributed by atoms with Crippen molar-refractivity contribution in [2.45, 2.75) is 53.0 Å². The van der Waals surface area contributed by atoms with Crippen molar-refractivity contribution in [1.82, 2.24) is 20.4 Å². The summed E-state index contributed by atoms with van der Waals surface area (Å²) in [7, 11) is 3.71. The summed E-state index contributed by atoms with van der Waals surface area (Å²) in [5.41, 5.74) is 4.80. The summed E-state index contributed by atoms with van der Waals surface area (Å²) in [6, 6.07) is 8.40. The van der Waals surface area contributed by atoms with E-state index in [9.17, 15) is 0 Å². The van der Waals surface area contributed by atoms with Gasteiger partial charge >= 0.3 is 0 Å². The zero-order valence-corrected chi connectivity index (χ0v) is 21.1. The molecule has 0 aliphatic heterocycles. The average Bonchev–Trinajstić information content (AvgIpc) is 2.92. The van der Waals surface area contributed by atoms with E-state index in [4.69, 9.17) is 9.73 Å². The first-order valence-electron chi connectivity index (χ1n) is 10.0. The molecule has 162 valence electrons. The van der Waals surface area contributed by atoms with Gasteiger partial charge in [-0.15, -0.1) is 24.0 Å². The predicted molar refractivity (Wildman–Crippen MR) is 132 cm³/mol. The second-order valence-corrected chi connectivity index (χ2v) is 7.39. The quantitative estimate of drug-likeness (QED) is 0.319. The first-order chi connectivity index (χ1) is 13.4. The second kappa shape index (κ2) is 12.0. The highest BCUT2D eigenvalue weighted by atomic mass is 127. The van der Waals surface area contributed by atoms with Gasteiger partial charge in [-0.25, -0.2) is 0 Å². The molecule has 2 N–H and O–H groups in total. The summed E-state index contributed by atoms with van der Waals surface area (Å²) in [6.45, 7) is 12.2. The lowest BCUT2D eigenvalue weighted by Crippen LogP contribution is -2.43. The van der Waals surface area contributed by atoms with Crippen molar-refractivity contribution in [3.05, 3.63) is 46.8 Å². The highest BCUT2D eigenvalue weighted by molar-refractivity contribution is 14.0. The molecule has 1 heterocycles. The molecule has 0 fully saturated rings. The second-order valence-electron chi connectivity index (χ2n) is 7.39. The molecule has 6 nitrogen and oxygen atoms in total. The summed E-state index contributed by atoms with van der Waals surface area (Å²) >= 11 is 0. The summed E-state index contributed by atoms with van der Waals surface area (Å²) in [5, 5.41) is 11.4. The predicted octanol–water partition coefficient (Wildman–Crippen LogP) is 3.95. The Morgan fingerprint density at radius 1 is 1.24 bits per heavy atom. The Kier molecular flexibility index (Phi) is 10.5. The van der Waals surface area contributed by atoms with Crippen molar-refractivity contribution < 1.29 is 4.74 Å². The van der Waals surface area contributed by atoms with Gasteiger partial charge in [0.1, 0.15) is 5.75 Å². The van der Waals surface area contributed by atoms with Gasteiger partial charge in [-0.2, -0.15) is 5.10 Å². The number of ether oxygens (including phenoxy) is 1. The fraction of sp³-hybridized carbons (Fsp3) is 0.545. The Morgan fingerprint density at radius 2 is 1.93 bits per heavy atom. The maximum atomic E-state index is 5.49. The highest BCUT2D eigenvalue weighted by Gasteiger charge is 2.15. The summed E-state index contributed by atoms with van der Waals surface area (Å²) in [4.78, 5) is 4.81. The minimum atomic E-state index is 0. The van der Waals surface area contributed by atoms with Gasteiger partial charge in [-0.1, -0.05) is 25.1 Å². The number of para-hydroxylation sites is 1. The molecule has 2 aromatic rings. The molecule has 0 saturated heterocycles. The van der Waals surface area contributed by atoms with Gasteiger partial charge < -0.3 is 15.4 Å². The van der Waals surface area contributed by atoms with Crippen LogP contribution in [0.2, 0.25) is 0 Å². The van der Waals surface area contributed by atoms with Crippen molar-refractivity contribution in [3.8, 4) is 5.75 Å². The largest absolute Gasteiger partial charge is 0.496 e. The molecule has 2 unspecified atom stereocenters. The van der Waals surface area contributed by atoms with Crippen LogP contribution >= 0.6 is 24.0 Å². The van der Waals surface area contributed by atoms with E-state index in [0.29, 0.717) is 6.54 Å². The molecule has 0 bridgehead atoms. The van der Waals surface area contributed by atoms with Crippen LogP contribution in [0.3, 0.4) is 0 Å². The van der Waals surface area contributed by atoms with Crippen molar-refractivity contribution in [3.63, 3.8) is 0 Å². The van der Waals surface area contributed by atoms with Crippen LogP contribution in [0.5, 0.6) is 5.75 Å². The number of aromatic nitrogens is 2. The molecule has 29 heavy (non-hydrogen) atoms. The van der Waals surface area contributed by atoms with E-state index in [1.165, 1.54) is 16.8 Å². The third-order valence-electron chi connectivity index (χ3n) is 5.09. The van der Waals surface area contributed by atoms with E-state index >= 15 is 0 Å². The lowest BCUT2D eigenvalue weighted by molar-refractivity contribution is 0.406. The molecule has 1 aromatic carbocycles. The van der Waals surface area contributed by atoms with Gasteiger partial charge in [-0.05, 0) is 51.3 Å². The van der Waals surface area contributed by atoms with E-state index in [1.807, 2.05) is 29.9 Å². The number of nitrogens with zero attached hydrogens (tertiary/aromatic N) is 3. The van der Waals surface area contributed by atoms with Gasteiger partial charge in [0.25, 0.3) is 0 Å². The Hall–Kier alpha value is -1.77. The lowest BCUT2D eigenvalue weighted by Gasteiger charge is -2.19. The number of methoxy groups -OCH3 is 1. The van der Waals surface area contributed by atoms with E-state index < -0.39 is 0 Å². The van der Waals surface area contributed by atoms with E-state index in [1.54, 1.807) is 7.11 Å². The fourth-order valence-corrected chi connectivity index (χ4v) is 3.42. The van der Waals surface area contributed by atoms with E-state index in [-0.39, 0.29) is 35.9 Å². The Balaban J connectivity index is 0.00000420. The van der Waals surface area contributed by atoms with Crippen LogP contribution in [0.25, 0.3) is 0 Å². The zero-order valence-electron chi connectivity index (χ0n) is 18.7. The molecular weight excluding hydrogens is 477 g/mol. The molecule has 0 spiro atoms. The number of rotatable bonds is 8. The first-order valence-corrected chi connectivity index (χ1v) is 10.0. The van der Waals surface area contributed by atoms with E-state index in [2.05, 4.69) is 56.4 Å². The minimum absolute atomic E-state index is 0. The summed E-state index contributed by atoms with van der Waals surface area (Å²) in [5.74, 6) is 2.03. The van der Waals surface area contributed by atoms with Crippen LogP contribution in [-0.4, -0.2) is 42.0 Å². The first kappa shape index (κ1) is 25.3. The van der Waals surface area contributed by atoms with Crippen LogP contribution < -0.4 is 15.4 Å². The molecular formula is C22H36IN5O. The van der Waals surface area contributed by atoms with Crippen molar-refractivity contribution in [2.75, 3.05) is 20.2 Å². The SMILES string of the molecule is CCNC(=NCC(C)c1ccccc1OC)NC(C)Cc1c(C)nn(C)c1C.I. The number of benzene rings is 1. The average molecular weight is 513 g/mol. The molecule has 7 heteroatoms. The third-order valence-corrected chi connectivity index (χ3v) is 5.09. The highest BCUT2D eigenvalue weighted by Crippen LogP contribution is 2.26. The van der Waals surface area contributed by atoms with Gasteiger partial charge in [0.2, 0.25) is 0 Å². The molecule has 0 saturated carbocycles. The number of nitrogens with one attached hydrogen (secondary N) is 2. The third kappa shape index (κ3) is 6.90. The molecule has 0 aliphatic rings. The number of aryl methyl sites for hydroxylation is 2. The Bertz CT molecular complexity index is 802. The van der Waals surface area contributed by atoms with Gasteiger partial charge in [-0.3, -0.25) is 9.67 Å². The zero-order chi connectivity index (χ0) is 20.7. The van der Waals surface area contributed by atoms with Crippen molar-refractivity contribution in [1.29, 1.82) is 0 Å². The van der Waals surface area contributed by atoms with Crippen molar-refractivity contribution >= 4 is 29.9 Å². The number of aliphatic imine (C=N–C) groups is 1. The number of halogens is 1. The molecule has 0 amide bonds. The molecule has 2 rings (SSSR count). The number of guanidine groups is 1. The van der Waals surface area contributed by atoms with Crippen LogP contribution in [-0.2, 0) is 13.5 Å². The monoisotopic (exact) mass is 513 g/mol. The number of hydrogen-bond acceptors (Lipinski definition) is 3. The Labute approximate surface area is 192 Å². The van der Waals surface area contributed by atoms with Gasteiger partial charge in [0.05, 0.1) is 12.8 Å². The fourth-order valence-electron chi connectivity index (χ4n) is 3.42. The topological polar surface area (TPSA) is 63.5 Å². The number of hydrogen-bond donors (Lipinski definition) is 2. The molecule has 0 radical (unpaired) electrons. The maximum Gasteiger partial charge on any atom is 0.191 e. The van der Waals surface area contributed by atoms with Crippen LogP contribution in [0.15, 0.2) is 29.3 Å². The lowest BCUT2D eigenvalue weighted by atomic mass is 10.0. The van der Waals surface area contributed by atoms with Crippen LogP contribution in [0.4, 0.5) is 0 Å². The summed E-state index contributed by atoms with van der Waals surface area (Å²) < 4.78 is 7.44. The van der Waals surface area contributed by atoms with Crippen LogP contribution in [0.1, 0.15) is 49.2 Å². The smallest absolute Gasteiger partial charge is 0.191 e. The van der Waals surface area contributed by atoms with Crippen LogP contribution in [0, 0.1) is 13.8 Å². The maximum absolute atomic E-state index is 5.49. The molecule has 2 atom stereocenters. The normalized spacial score (nSPS) is 13.4. The minimum Gasteiger partial charge on any atom is -0.496 e. The molecule has 1 aromatic heterocycles.